The van der Waals surface area contributed by atoms with Crippen LogP contribution >= 0.6 is 11.6 Å². The molecule has 1 atom stereocenters. The summed E-state index contributed by atoms with van der Waals surface area (Å²) in [5.74, 6) is 0.729. The van der Waals surface area contributed by atoms with Gasteiger partial charge in [0, 0.05) is 11.4 Å². The quantitative estimate of drug-likeness (QED) is 0.746. The molecule has 1 unspecified atom stereocenters. The fraction of sp³-hybridized carbons (Fsp3) is 0.316. The highest BCUT2D eigenvalue weighted by Crippen LogP contribution is 2.27. The summed E-state index contributed by atoms with van der Waals surface area (Å²) in [4.78, 5) is 0. The van der Waals surface area contributed by atoms with Crippen molar-refractivity contribution < 1.29 is 4.74 Å². The highest BCUT2D eigenvalue weighted by atomic mass is 35.5. The van der Waals surface area contributed by atoms with Gasteiger partial charge in [0.1, 0.15) is 5.75 Å². The monoisotopic (exact) mass is 313 g/mol. The number of nitriles is 1. The van der Waals surface area contributed by atoms with Crippen LogP contribution < -0.4 is 4.74 Å². The molecule has 0 saturated carbocycles. The van der Waals surface area contributed by atoms with Gasteiger partial charge in [-0.3, -0.25) is 0 Å². The molecule has 0 N–H and O–H groups in total. The Morgan fingerprint density at radius 1 is 1.14 bits per heavy atom. The third-order valence-electron chi connectivity index (χ3n) is 3.93. The van der Waals surface area contributed by atoms with Crippen LogP contribution in [0.3, 0.4) is 0 Å². The minimum absolute atomic E-state index is 0.205. The van der Waals surface area contributed by atoms with E-state index in [1.54, 1.807) is 0 Å². The zero-order chi connectivity index (χ0) is 16.1. The van der Waals surface area contributed by atoms with Gasteiger partial charge in [-0.1, -0.05) is 35.9 Å². The van der Waals surface area contributed by atoms with Crippen molar-refractivity contribution in [2.45, 2.75) is 33.1 Å². The number of hydrogen-bond acceptors (Lipinski definition) is 2. The van der Waals surface area contributed by atoms with E-state index < -0.39 is 0 Å². The Balaban J connectivity index is 2.04. The lowest BCUT2D eigenvalue weighted by Crippen LogP contribution is -2.06. The van der Waals surface area contributed by atoms with Gasteiger partial charge >= 0.3 is 0 Å². The minimum Gasteiger partial charge on any atom is -0.493 e. The molecule has 0 fully saturated rings. The van der Waals surface area contributed by atoms with Gasteiger partial charge in [0.15, 0.2) is 0 Å². The molecule has 0 amide bonds. The van der Waals surface area contributed by atoms with Crippen LogP contribution in [-0.2, 0) is 0 Å². The fourth-order valence-corrected chi connectivity index (χ4v) is 2.65. The zero-order valence-electron chi connectivity index (χ0n) is 13.2. The lowest BCUT2D eigenvalue weighted by molar-refractivity contribution is 0.302. The van der Waals surface area contributed by atoms with Crippen molar-refractivity contribution in [2.75, 3.05) is 6.61 Å². The van der Waals surface area contributed by atoms with Crippen LogP contribution in [-0.4, -0.2) is 6.61 Å². The summed E-state index contributed by atoms with van der Waals surface area (Å²) in [6, 6.07) is 14.0. The van der Waals surface area contributed by atoms with Gasteiger partial charge in [-0.15, -0.1) is 0 Å². The summed E-state index contributed by atoms with van der Waals surface area (Å²) >= 11 is 5.99. The van der Waals surface area contributed by atoms with Crippen LogP contribution in [0, 0.1) is 32.1 Å². The molecular formula is C19H20ClNO. The summed E-state index contributed by atoms with van der Waals surface area (Å²) in [6.45, 7) is 6.69. The number of halogens is 1. The van der Waals surface area contributed by atoms with Crippen LogP contribution in [0.2, 0.25) is 5.02 Å². The lowest BCUT2D eigenvalue weighted by atomic mass is 9.98. The van der Waals surface area contributed by atoms with Gasteiger partial charge in [0.25, 0.3) is 0 Å². The SMILES string of the molecule is Cc1ccc(C)c(OCCC(C#N)c2cccc(Cl)c2)c1C. The van der Waals surface area contributed by atoms with Gasteiger partial charge in [-0.2, -0.15) is 5.26 Å². The zero-order valence-corrected chi connectivity index (χ0v) is 13.9. The maximum Gasteiger partial charge on any atom is 0.125 e. The molecule has 2 aromatic rings. The highest BCUT2D eigenvalue weighted by molar-refractivity contribution is 6.30. The molecule has 0 aliphatic heterocycles. The Morgan fingerprint density at radius 2 is 1.86 bits per heavy atom. The van der Waals surface area contributed by atoms with Crippen LogP contribution in [0.4, 0.5) is 0 Å². The molecule has 2 rings (SSSR count). The summed E-state index contributed by atoms with van der Waals surface area (Å²) in [7, 11) is 0. The van der Waals surface area contributed by atoms with E-state index in [9.17, 15) is 5.26 Å². The molecule has 0 aromatic heterocycles. The average Bonchev–Trinajstić information content (AvgIpc) is 2.50. The molecule has 2 nitrogen and oxygen atoms in total. The van der Waals surface area contributed by atoms with Crippen molar-refractivity contribution in [1.29, 1.82) is 5.26 Å². The van der Waals surface area contributed by atoms with Crippen molar-refractivity contribution in [3.63, 3.8) is 0 Å². The van der Waals surface area contributed by atoms with E-state index in [-0.39, 0.29) is 5.92 Å². The molecular weight excluding hydrogens is 294 g/mol. The van der Waals surface area contributed by atoms with Gasteiger partial charge in [0.2, 0.25) is 0 Å². The smallest absolute Gasteiger partial charge is 0.125 e. The van der Waals surface area contributed by atoms with Gasteiger partial charge in [-0.25, -0.2) is 0 Å². The Labute approximate surface area is 137 Å². The van der Waals surface area contributed by atoms with Crippen molar-refractivity contribution in [2.24, 2.45) is 0 Å². The standard InChI is InChI=1S/C19H20ClNO/c1-13-7-8-14(2)19(15(13)3)22-10-9-17(12-21)16-5-4-6-18(20)11-16/h4-8,11,17H,9-10H2,1-3H3. The summed E-state index contributed by atoms with van der Waals surface area (Å²) in [5.41, 5.74) is 4.44. The molecule has 0 spiro atoms. The largest absolute Gasteiger partial charge is 0.493 e. The van der Waals surface area contributed by atoms with Crippen LogP contribution in [0.5, 0.6) is 5.75 Å². The lowest BCUT2D eigenvalue weighted by Gasteiger charge is -2.15. The normalized spacial score (nSPS) is 11.8. The first-order valence-electron chi connectivity index (χ1n) is 7.37. The number of hydrogen-bond donors (Lipinski definition) is 0. The number of rotatable bonds is 5. The molecule has 0 aliphatic carbocycles. The second-order valence-electron chi connectivity index (χ2n) is 5.53. The first kappa shape index (κ1) is 16.4. The van der Waals surface area contributed by atoms with Crippen LogP contribution in [0.1, 0.15) is 34.6 Å². The Hall–Kier alpha value is -1.98. The minimum atomic E-state index is -0.205. The van der Waals surface area contributed by atoms with Gasteiger partial charge in [0.05, 0.1) is 18.6 Å². The number of nitrogens with zero attached hydrogens (tertiary/aromatic N) is 1. The second kappa shape index (κ2) is 7.33. The average molecular weight is 314 g/mol. The Kier molecular flexibility index (Phi) is 5.46. The van der Waals surface area contributed by atoms with E-state index in [4.69, 9.17) is 16.3 Å². The summed E-state index contributed by atoms with van der Waals surface area (Å²) in [6.07, 6.45) is 0.643. The maximum absolute atomic E-state index is 9.37. The fourth-order valence-electron chi connectivity index (χ4n) is 2.46. The molecule has 0 saturated heterocycles. The molecule has 0 radical (unpaired) electrons. The van der Waals surface area contributed by atoms with Crippen molar-refractivity contribution in [3.8, 4) is 11.8 Å². The highest BCUT2D eigenvalue weighted by Gasteiger charge is 2.12. The molecule has 0 bridgehead atoms. The van der Waals surface area contributed by atoms with E-state index in [1.165, 1.54) is 5.56 Å². The Morgan fingerprint density at radius 3 is 2.55 bits per heavy atom. The van der Waals surface area contributed by atoms with E-state index in [0.717, 1.165) is 22.4 Å². The van der Waals surface area contributed by atoms with E-state index in [0.29, 0.717) is 18.1 Å². The topological polar surface area (TPSA) is 33.0 Å². The molecule has 0 heterocycles. The number of ether oxygens (including phenoxy) is 1. The van der Waals surface area contributed by atoms with Crippen molar-refractivity contribution in [3.05, 3.63) is 63.7 Å². The first-order chi connectivity index (χ1) is 10.5. The van der Waals surface area contributed by atoms with Gasteiger partial charge < -0.3 is 4.74 Å². The number of benzene rings is 2. The summed E-state index contributed by atoms with van der Waals surface area (Å²) in [5, 5.41) is 10.0. The van der Waals surface area contributed by atoms with Crippen molar-refractivity contribution in [1.82, 2.24) is 0 Å². The van der Waals surface area contributed by atoms with Gasteiger partial charge in [-0.05, 0) is 55.2 Å². The van der Waals surface area contributed by atoms with E-state index in [2.05, 4.69) is 32.0 Å². The number of aryl methyl sites for hydroxylation is 2. The maximum atomic E-state index is 9.37. The molecule has 22 heavy (non-hydrogen) atoms. The second-order valence-corrected chi connectivity index (χ2v) is 5.96. The van der Waals surface area contributed by atoms with E-state index in [1.807, 2.05) is 31.2 Å². The van der Waals surface area contributed by atoms with Crippen LogP contribution in [0.15, 0.2) is 36.4 Å². The predicted molar refractivity (Wildman–Crippen MR) is 90.6 cm³/mol. The Bertz CT molecular complexity index is 703. The summed E-state index contributed by atoms with van der Waals surface area (Å²) < 4.78 is 5.95. The predicted octanol–water partition coefficient (Wildman–Crippen LogP) is 5.34. The van der Waals surface area contributed by atoms with Crippen molar-refractivity contribution >= 4 is 11.6 Å². The third-order valence-corrected chi connectivity index (χ3v) is 4.17. The molecule has 3 heteroatoms. The van der Waals surface area contributed by atoms with Crippen LogP contribution in [0.25, 0.3) is 0 Å². The van der Waals surface area contributed by atoms with E-state index >= 15 is 0 Å². The molecule has 114 valence electrons. The molecule has 2 aromatic carbocycles. The third kappa shape index (κ3) is 3.81. The molecule has 0 aliphatic rings. The first-order valence-corrected chi connectivity index (χ1v) is 7.75.